The van der Waals surface area contributed by atoms with E-state index in [1.54, 1.807) is 11.8 Å². The van der Waals surface area contributed by atoms with Crippen LogP contribution in [0.2, 0.25) is 13.1 Å². The van der Waals surface area contributed by atoms with E-state index in [2.05, 4.69) is 63.8 Å². The Morgan fingerprint density at radius 1 is 1.14 bits per heavy atom. The summed E-state index contributed by atoms with van der Waals surface area (Å²) in [5.74, 6) is 0.675. The first-order chi connectivity index (χ1) is 17.0. The lowest BCUT2D eigenvalue weighted by atomic mass is 9.76. The number of hydrogen-bond acceptors (Lipinski definition) is 6. The molecular formula is C29H52O5SSi. The van der Waals surface area contributed by atoms with Gasteiger partial charge in [-0.05, 0) is 55.9 Å². The maximum Gasteiger partial charge on any atom is 0.305 e. The van der Waals surface area contributed by atoms with Gasteiger partial charge in [-0.15, -0.1) is 11.8 Å². The zero-order valence-corrected chi connectivity index (χ0v) is 25.9. The molecule has 0 heterocycles. The van der Waals surface area contributed by atoms with E-state index >= 15 is 0 Å². The van der Waals surface area contributed by atoms with Gasteiger partial charge >= 0.3 is 5.97 Å². The Morgan fingerprint density at radius 3 is 2.42 bits per heavy atom. The fraction of sp³-hybridized carbons (Fsp3) is 0.793. The fourth-order valence-corrected chi connectivity index (χ4v) is 6.19. The van der Waals surface area contributed by atoms with E-state index in [9.17, 15) is 14.7 Å². The van der Waals surface area contributed by atoms with Crippen LogP contribution in [-0.2, 0) is 18.8 Å². The molecule has 0 saturated carbocycles. The van der Waals surface area contributed by atoms with Crippen LogP contribution in [-0.4, -0.2) is 51.5 Å². The van der Waals surface area contributed by atoms with Crippen LogP contribution in [0.15, 0.2) is 23.1 Å². The fourth-order valence-electron chi connectivity index (χ4n) is 4.70. The zero-order chi connectivity index (χ0) is 27.1. The summed E-state index contributed by atoms with van der Waals surface area (Å²) in [6.45, 7) is 14.2. The van der Waals surface area contributed by atoms with Crippen molar-refractivity contribution >= 4 is 32.6 Å². The summed E-state index contributed by atoms with van der Waals surface area (Å²) >= 11 is 1.58. The lowest BCUT2D eigenvalue weighted by molar-refractivity contribution is -0.140. The summed E-state index contributed by atoms with van der Waals surface area (Å²) < 4.78 is 10.5. The lowest BCUT2D eigenvalue weighted by Gasteiger charge is -2.29. The molecule has 0 bridgehead atoms. The van der Waals surface area contributed by atoms with Crippen LogP contribution in [0.5, 0.6) is 0 Å². The zero-order valence-electron chi connectivity index (χ0n) is 23.9. The van der Waals surface area contributed by atoms with Gasteiger partial charge in [0.25, 0.3) is 0 Å². The highest BCUT2D eigenvalue weighted by atomic mass is 32.2. The van der Waals surface area contributed by atoms with Crippen LogP contribution in [0.3, 0.4) is 0 Å². The van der Waals surface area contributed by atoms with E-state index in [0.29, 0.717) is 18.8 Å². The highest BCUT2D eigenvalue weighted by Crippen LogP contribution is 2.39. The van der Waals surface area contributed by atoms with Gasteiger partial charge in [0.05, 0.1) is 19.1 Å². The Balaban J connectivity index is 2.77. The Labute approximate surface area is 226 Å². The molecule has 4 unspecified atom stereocenters. The van der Waals surface area contributed by atoms with Crippen LogP contribution < -0.4 is 0 Å². The Hall–Kier alpha value is -0.893. The second kappa shape index (κ2) is 17.6. The third kappa shape index (κ3) is 12.6. The first kappa shape index (κ1) is 33.1. The van der Waals surface area contributed by atoms with Gasteiger partial charge in [0.15, 0.2) is 14.8 Å². The summed E-state index contributed by atoms with van der Waals surface area (Å²) in [4.78, 5) is 25.3. The number of ether oxygens (including phenoxy) is 1. The lowest BCUT2D eigenvalue weighted by Crippen LogP contribution is -2.30. The number of aliphatic hydroxyl groups is 1. The van der Waals surface area contributed by atoms with Crippen molar-refractivity contribution in [3.05, 3.63) is 23.1 Å². The number of rotatable bonds is 18. The topological polar surface area (TPSA) is 72.8 Å². The van der Waals surface area contributed by atoms with Crippen molar-refractivity contribution in [3.8, 4) is 0 Å². The molecule has 0 aliphatic heterocycles. The van der Waals surface area contributed by atoms with E-state index in [-0.39, 0.29) is 23.1 Å². The molecule has 1 N–H and O–H groups in total. The second-order valence-electron chi connectivity index (χ2n) is 11.3. The molecule has 0 saturated heterocycles. The molecule has 208 valence electrons. The molecule has 0 aromatic carbocycles. The third-order valence-electron chi connectivity index (χ3n) is 6.92. The van der Waals surface area contributed by atoms with Gasteiger partial charge in [-0.1, -0.05) is 71.6 Å². The summed E-state index contributed by atoms with van der Waals surface area (Å²) in [6, 6.07) is 0. The first-order valence-corrected chi connectivity index (χ1v) is 17.7. The van der Waals surface area contributed by atoms with Crippen LogP contribution in [0.25, 0.3) is 0 Å². The van der Waals surface area contributed by atoms with E-state index < -0.39 is 21.1 Å². The molecule has 5 nitrogen and oxygen atoms in total. The molecule has 1 aliphatic rings. The van der Waals surface area contributed by atoms with Crippen molar-refractivity contribution in [2.45, 2.75) is 105 Å². The summed E-state index contributed by atoms with van der Waals surface area (Å²) in [7, 11) is 0.476. The Bertz CT molecular complexity index is 713. The average molecular weight is 541 g/mol. The highest BCUT2D eigenvalue weighted by Gasteiger charge is 2.39. The molecule has 1 aliphatic carbocycles. The molecule has 0 spiro atoms. The molecule has 36 heavy (non-hydrogen) atoms. The molecule has 0 amide bonds. The maximum atomic E-state index is 13.2. The van der Waals surface area contributed by atoms with E-state index in [1.165, 1.54) is 20.0 Å². The van der Waals surface area contributed by atoms with E-state index in [0.717, 1.165) is 49.4 Å². The van der Waals surface area contributed by atoms with Gasteiger partial charge < -0.3 is 14.3 Å². The number of carbonyl (C=O) groups is 2. The second-order valence-corrected chi connectivity index (χ2v) is 15.0. The van der Waals surface area contributed by atoms with Gasteiger partial charge in [-0.25, -0.2) is 0 Å². The number of ketones is 1. The predicted octanol–water partition coefficient (Wildman–Crippen LogP) is 6.70. The number of allylic oxidation sites excluding steroid dienone is 4. The number of Topliss-reactive ketones (excluding diaryl/α,β-unsaturated/α-hetero) is 1. The third-order valence-corrected chi connectivity index (χ3v) is 8.75. The molecule has 0 radical (unpaired) electrons. The van der Waals surface area contributed by atoms with E-state index in [1.807, 2.05) is 0 Å². The number of hydrogen-bond donors (Lipinski definition) is 1. The largest absolute Gasteiger partial charge is 0.469 e. The number of methoxy groups -OCH3 is 1. The maximum absolute atomic E-state index is 13.2. The van der Waals surface area contributed by atoms with Crippen molar-refractivity contribution in [3.63, 3.8) is 0 Å². The van der Waals surface area contributed by atoms with E-state index in [4.69, 9.17) is 4.43 Å². The minimum absolute atomic E-state index is 0.0640. The molecule has 0 aromatic heterocycles. The van der Waals surface area contributed by atoms with Crippen molar-refractivity contribution in [1.82, 2.24) is 0 Å². The van der Waals surface area contributed by atoms with Gasteiger partial charge in [-0.3, -0.25) is 9.59 Å². The smallest absolute Gasteiger partial charge is 0.305 e. The molecule has 0 fully saturated rings. The highest BCUT2D eigenvalue weighted by molar-refractivity contribution is 8.04. The average Bonchev–Trinajstić information content (AvgIpc) is 3.11. The molecule has 7 heteroatoms. The van der Waals surface area contributed by atoms with Gasteiger partial charge in [0.1, 0.15) is 0 Å². The number of unbranched alkanes of at least 4 members (excludes halogenated alkanes) is 4. The minimum Gasteiger partial charge on any atom is -0.469 e. The summed E-state index contributed by atoms with van der Waals surface area (Å²) in [5, 5.41) is 11.0. The first-order valence-electron chi connectivity index (χ1n) is 13.9. The number of thioether (sulfide) groups is 1. The monoisotopic (exact) mass is 540 g/mol. The van der Waals surface area contributed by atoms with Crippen LogP contribution >= 0.6 is 11.8 Å². The molecule has 4 atom stereocenters. The number of aliphatic hydroxyl groups excluding tert-OH is 1. The molecule has 1 rings (SSSR count). The van der Waals surface area contributed by atoms with Crippen LogP contribution in [0.4, 0.5) is 0 Å². The predicted molar refractivity (Wildman–Crippen MR) is 155 cm³/mol. The van der Waals surface area contributed by atoms with Crippen LogP contribution in [0, 0.1) is 23.2 Å². The Kier molecular flexibility index (Phi) is 16.2. The quantitative estimate of drug-likeness (QED) is 0.0902. The normalized spacial score (nSPS) is 20.2. The minimum atomic E-state index is -0.926. The van der Waals surface area contributed by atoms with Crippen molar-refractivity contribution in [2.75, 3.05) is 19.5 Å². The van der Waals surface area contributed by atoms with Gasteiger partial charge in [0.2, 0.25) is 0 Å². The number of carbonyl (C=O) groups excluding carboxylic acids is 2. The number of esters is 1. The Morgan fingerprint density at radius 2 is 1.81 bits per heavy atom. The molecular weight excluding hydrogens is 488 g/mol. The van der Waals surface area contributed by atoms with Gasteiger partial charge in [-0.2, -0.15) is 0 Å². The van der Waals surface area contributed by atoms with Gasteiger partial charge in [0, 0.05) is 23.9 Å². The van der Waals surface area contributed by atoms with Crippen molar-refractivity contribution < 1.29 is 23.9 Å². The van der Waals surface area contributed by atoms with Crippen molar-refractivity contribution in [1.29, 1.82) is 0 Å². The summed E-state index contributed by atoms with van der Waals surface area (Å²) in [5.41, 5.74) is 0.138. The van der Waals surface area contributed by atoms with Crippen LogP contribution in [0.1, 0.15) is 85.5 Å². The standard InChI is InChI=1S/C29H52O5SSi/c1-8-35-25-21-22(27(28(25)32)24(30)16-12-9-13-17-26(31)33-5)18-19-23(29(2,3)4)15-11-10-14-20-34-36(6)7/h18-19,21-24,27,30,36H,8-17,20H2,1-7H3. The molecule has 0 aromatic rings. The SMILES string of the molecule is CCSC1=CC(C=CC(CCCCCO[SiH](C)C)C(C)(C)C)C(C(O)CCCCCC(=O)OC)C1=O. The summed E-state index contributed by atoms with van der Waals surface area (Å²) in [6.07, 6.45) is 13.8. The van der Waals surface area contributed by atoms with Crippen molar-refractivity contribution in [2.24, 2.45) is 23.2 Å².